The quantitative estimate of drug-likeness (QED) is 0.590. The molecule has 0 unspecified atom stereocenters. The van der Waals surface area contributed by atoms with E-state index in [1.54, 1.807) is 0 Å². The van der Waals surface area contributed by atoms with Gasteiger partial charge in [0.25, 0.3) is 0 Å². The van der Waals surface area contributed by atoms with E-state index in [-0.39, 0.29) is 0 Å². The molecule has 0 aliphatic rings. The average Bonchev–Trinajstić information content (AvgIpc) is 2.16. The van der Waals surface area contributed by atoms with Crippen molar-refractivity contribution in [2.24, 2.45) is 0 Å². The van der Waals surface area contributed by atoms with Gasteiger partial charge in [-0.15, -0.1) is 0 Å². The molecule has 0 radical (unpaired) electrons. The molecule has 0 bridgehead atoms. The Kier molecular flexibility index (Phi) is 3.94. The Morgan fingerprint density at radius 1 is 1.00 bits per heavy atom. The van der Waals surface area contributed by atoms with E-state index < -0.39 is 7.82 Å². The molecule has 0 saturated carbocycles. The fourth-order valence-corrected chi connectivity index (χ4v) is 1.03. The van der Waals surface area contributed by atoms with E-state index in [0.717, 1.165) is 0 Å². The smallest absolute Gasteiger partial charge is 0.303 e. The highest BCUT2D eigenvalue weighted by atomic mass is 31.2. The SMILES string of the molecule is O=P(O)(O)O.c1ccc2cnccc2c1. The molecule has 2 aromatic rings. The highest BCUT2D eigenvalue weighted by molar-refractivity contribution is 7.45. The van der Waals surface area contributed by atoms with Crippen molar-refractivity contribution in [1.82, 2.24) is 4.98 Å². The van der Waals surface area contributed by atoms with Crippen molar-refractivity contribution in [3.8, 4) is 0 Å². The molecule has 6 heteroatoms. The third-order valence-electron chi connectivity index (χ3n) is 1.55. The number of fused-ring (bicyclic) bond motifs is 1. The van der Waals surface area contributed by atoms with E-state index in [1.165, 1.54) is 10.8 Å². The van der Waals surface area contributed by atoms with Crippen LogP contribution in [0, 0.1) is 0 Å². The fraction of sp³-hybridized carbons (Fsp3) is 0. The summed E-state index contributed by atoms with van der Waals surface area (Å²) in [4.78, 5) is 25.6. The molecule has 0 saturated heterocycles. The number of phosphoric acid groups is 1. The van der Waals surface area contributed by atoms with Crippen LogP contribution in [0.15, 0.2) is 42.7 Å². The molecule has 0 amide bonds. The number of hydrogen-bond acceptors (Lipinski definition) is 2. The van der Waals surface area contributed by atoms with Gasteiger partial charge in [-0.05, 0) is 16.8 Å². The average molecular weight is 227 g/mol. The highest BCUT2D eigenvalue weighted by Crippen LogP contribution is 2.25. The Morgan fingerprint density at radius 3 is 2.07 bits per heavy atom. The second kappa shape index (κ2) is 5.00. The summed E-state index contributed by atoms with van der Waals surface area (Å²) in [7, 11) is -4.64. The van der Waals surface area contributed by atoms with E-state index in [2.05, 4.69) is 17.1 Å². The third kappa shape index (κ3) is 5.24. The molecular weight excluding hydrogens is 217 g/mol. The van der Waals surface area contributed by atoms with Crippen LogP contribution < -0.4 is 0 Å². The zero-order valence-corrected chi connectivity index (χ0v) is 8.58. The van der Waals surface area contributed by atoms with E-state index >= 15 is 0 Å². The molecule has 3 N–H and O–H groups in total. The summed E-state index contributed by atoms with van der Waals surface area (Å²) in [6.07, 6.45) is 3.68. The maximum atomic E-state index is 8.88. The van der Waals surface area contributed by atoms with Crippen LogP contribution in [0.2, 0.25) is 0 Å². The summed E-state index contributed by atoms with van der Waals surface area (Å²) < 4.78 is 8.88. The molecule has 1 heterocycles. The molecule has 2 rings (SSSR count). The Labute approximate surface area is 86.3 Å². The van der Waals surface area contributed by atoms with Gasteiger partial charge in [-0.3, -0.25) is 4.98 Å². The van der Waals surface area contributed by atoms with Gasteiger partial charge in [0.05, 0.1) is 0 Å². The largest absolute Gasteiger partial charge is 0.466 e. The molecule has 0 fully saturated rings. The Morgan fingerprint density at radius 2 is 1.53 bits per heavy atom. The Hall–Kier alpha value is -1.26. The molecule has 0 spiro atoms. The van der Waals surface area contributed by atoms with Crippen molar-refractivity contribution in [1.29, 1.82) is 0 Å². The lowest BCUT2D eigenvalue weighted by atomic mass is 10.2. The maximum Gasteiger partial charge on any atom is 0.466 e. The maximum absolute atomic E-state index is 8.88. The normalized spacial score (nSPS) is 10.6. The van der Waals surface area contributed by atoms with Gasteiger partial charge in [0.1, 0.15) is 0 Å². The molecular formula is C9H10NO4P. The van der Waals surface area contributed by atoms with Crippen molar-refractivity contribution in [2.75, 3.05) is 0 Å². The van der Waals surface area contributed by atoms with E-state index in [9.17, 15) is 0 Å². The number of nitrogens with zero attached hydrogens (tertiary/aromatic N) is 1. The van der Waals surface area contributed by atoms with Crippen LogP contribution >= 0.6 is 7.82 Å². The molecule has 0 atom stereocenters. The zero-order valence-electron chi connectivity index (χ0n) is 7.69. The van der Waals surface area contributed by atoms with Crippen molar-refractivity contribution in [3.63, 3.8) is 0 Å². The van der Waals surface area contributed by atoms with E-state index in [0.29, 0.717) is 0 Å². The number of pyridine rings is 1. The first-order valence-electron chi connectivity index (χ1n) is 4.04. The molecule has 5 nitrogen and oxygen atoms in total. The predicted molar refractivity (Wildman–Crippen MR) is 56.0 cm³/mol. The minimum absolute atomic E-state index is 1.20. The van der Waals surface area contributed by atoms with Gasteiger partial charge in [-0.1, -0.05) is 24.3 Å². The van der Waals surface area contributed by atoms with Gasteiger partial charge in [-0.25, -0.2) is 4.57 Å². The minimum Gasteiger partial charge on any atom is -0.303 e. The van der Waals surface area contributed by atoms with Crippen molar-refractivity contribution in [3.05, 3.63) is 42.7 Å². The van der Waals surface area contributed by atoms with E-state index in [1.807, 2.05) is 30.6 Å². The first kappa shape index (κ1) is 11.8. The summed E-state index contributed by atoms with van der Waals surface area (Å²) in [5, 5.41) is 2.45. The van der Waals surface area contributed by atoms with Crippen LogP contribution in [0.25, 0.3) is 10.8 Å². The lowest BCUT2D eigenvalue weighted by Crippen LogP contribution is -1.71. The molecule has 80 valence electrons. The van der Waals surface area contributed by atoms with Gasteiger partial charge < -0.3 is 14.7 Å². The number of rotatable bonds is 0. The highest BCUT2D eigenvalue weighted by Gasteiger charge is 2.00. The molecule has 1 aromatic heterocycles. The summed E-state index contributed by atoms with van der Waals surface area (Å²) >= 11 is 0. The first-order chi connectivity index (χ1) is 6.97. The summed E-state index contributed by atoms with van der Waals surface area (Å²) in [6, 6.07) is 10.2. The second-order valence-electron chi connectivity index (χ2n) is 2.74. The van der Waals surface area contributed by atoms with Gasteiger partial charge in [0, 0.05) is 12.4 Å². The van der Waals surface area contributed by atoms with Crippen molar-refractivity contribution < 1.29 is 19.2 Å². The van der Waals surface area contributed by atoms with Gasteiger partial charge in [-0.2, -0.15) is 0 Å². The van der Waals surface area contributed by atoms with Crippen LogP contribution in [-0.4, -0.2) is 19.7 Å². The molecule has 1 aromatic carbocycles. The zero-order chi connectivity index (χ0) is 11.3. The Bertz CT molecular complexity index is 408. The third-order valence-corrected chi connectivity index (χ3v) is 1.55. The first-order valence-corrected chi connectivity index (χ1v) is 5.60. The van der Waals surface area contributed by atoms with Gasteiger partial charge >= 0.3 is 7.82 Å². The fourth-order valence-electron chi connectivity index (χ4n) is 1.03. The van der Waals surface area contributed by atoms with Crippen LogP contribution in [0.3, 0.4) is 0 Å². The molecule has 0 aliphatic heterocycles. The number of benzene rings is 1. The molecule has 0 aliphatic carbocycles. The van der Waals surface area contributed by atoms with Crippen molar-refractivity contribution >= 4 is 18.6 Å². The lowest BCUT2D eigenvalue weighted by molar-refractivity contribution is 0.275. The van der Waals surface area contributed by atoms with Gasteiger partial charge in [0.2, 0.25) is 0 Å². The Balaban J connectivity index is 0.000000195. The van der Waals surface area contributed by atoms with Crippen LogP contribution in [0.1, 0.15) is 0 Å². The summed E-state index contributed by atoms with van der Waals surface area (Å²) in [5.41, 5.74) is 0. The van der Waals surface area contributed by atoms with Crippen LogP contribution in [-0.2, 0) is 4.57 Å². The standard InChI is InChI=1S/C9H7N.H3O4P/c1-2-4-9-7-10-6-5-8(9)3-1;1-5(2,3)4/h1-7H;(H3,1,2,3,4). The minimum atomic E-state index is -4.64. The molecule has 15 heavy (non-hydrogen) atoms. The van der Waals surface area contributed by atoms with Crippen LogP contribution in [0.5, 0.6) is 0 Å². The summed E-state index contributed by atoms with van der Waals surface area (Å²) in [5.74, 6) is 0. The number of hydrogen-bond donors (Lipinski definition) is 3. The number of aromatic nitrogens is 1. The van der Waals surface area contributed by atoms with Gasteiger partial charge in [0.15, 0.2) is 0 Å². The van der Waals surface area contributed by atoms with E-state index in [4.69, 9.17) is 19.2 Å². The lowest BCUT2D eigenvalue weighted by Gasteiger charge is -1.91. The topological polar surface area (TPSA) is 90.7 Å². The monoisotopic (exact) mass is 227 g/mol. The predicted octanol–water partition coefficient (Wildman–Crippen LogP) is 1.31. The van der Waals surface area contributed by atoms with Crippen LogP contribution in [0.4, 0.5) is 0 Å². The second-order valence-corrected chi connectivity index (χ2v) is 3.76. The van der Waals surface area contributed by atoms with Crippen molar-refractivity contribution in [2.45, 2.75) is 0 Å². The summed E-state index contributed by atoms with van der Waals surface area (Å²) in [6.45, 7) is 0.